The maximum absolute atomic E-state index is 13.2. The van der Waals surface area contributed by atoms with Gasteiger partial charge in [-0.05, 0) is 57.5 Å². The molecule has 1 N–H and O–H groups in total. The first-order valence-electron chi connectivity index (χ1n) is 11.7. The Hall–Kier alpha value is -3.40. The van der Waals surface area contributed by atoms with E-state index in [-0.39, 0.29) is 23.1 Å². The number of carbonyl (C=O) groups excluding carboxylic acids is 1. The first kappa shape index (κ1) is 23.3. The minimum atomic E-state index is -3.09. The van der Waals surface area contributed by atoms with Gasteiger partial charge in [0.15, 0.2) is 0 Å². The molecule has 0 unspecified atom stereocenters. The summed E-state index contributed by atoms with van der Waals surface area (Å²) in [5.74, 6) is 0.107. The van der Waals surface area contributed by atoms with Crippen LogP contribution in [-0.4, -0.2) is 66.2 Å². The number of amides is 1. The van der Waals surface area contributed by atoms with Gasteiger partial charge in [0, 0.05) is 29.9 Å². The van der Waals surface area contributed by atoms with E-state index >= 15 is 0 Å². The number of imidazole rings is 1. The molecule has 186 valence electrons. The van der Waals surface area contributed by atoms with Gasteiger partial charge in [0.25, 0.3) is 5.91 Å². The standard InChI is InChI=1S/C25H28F2N4O4/c1-30-8-3-4-17(30)14-34-18-7-9-31-19(13-28-22(31)12-18)15-10-20(33-2)23(21(11-15)35-25(26)27)24(32)29-16-5-6-16/h7,9-13,16-17,25H,3-6,8,14H2,1-2H3,(H,29,32)/t17-/m0/s1. The second kappa shape index (κ2) is 9.69. The van der Waals surface area contributed by atoms with Gasteiger partial charge in [-0.1, -0.05) is 0 Å². The Morgan fingerprint density at radius 2 is 2.03 bits per heavy atom. The van der Waals surface area contributed by atoms with Crippen molar-refractivity contribution in [2.75, 3.05) is 27.3 Å². The number of pyridine rings is 1. The number of benzene rings is 1. The van der Waals surface area contributed by atoms with Crippen LogP contribution in [0.15, 0.2) is 36.7 Å². The highest BCUT2D eigenvalue weighted by atomic mass is 19.3. The molecule has 0 radical (unpaired) electrons. The molecule has 0 bridgehead atoms. The Morgan fingerprint density at radius 3 is 2.71 bits per heavy atom. The summed E-state index contributed by atoms with van der Waals surface area (Å²) in [6.07, 6.45) is 7.47. The molecule has 1 amide bonds. The number of hydrogen-bond donors (Lipinski definition) is 1. The fourth-order valence-electron chi connectivity index (χ4n) is 4.44. The highest BCUT2D eigenvalue weighted by Gasteiger charge is 2.29. The molecule has 35 heavy (non-hydrogen) atoms. The van der Waals surface area contributed by atoms with Crippen LogP contribution in [0.3, 0.4) is 0 Å². The van der Waals surface area contributed by atoms with E-state index in [1.54, 1.807) is 12.3 Å². The third kappa shape index (κ3) is 5.02. The van der Waals surface area contributed by atoms with Crippen molar-refractivity contribution in [2.45, 2.75) is 44.4 Å². The number of methoxy groups -OCH3 is 1. The molecule has 1 saturated carbocycles. The highest BCUT2D eigenvalue weighted by Crippen LogP contribution is 2.37. The van der Waals surface area contributed by atoms with Crippen molar-refractivity contribution < 1.29 is 27.8 Å². The number of rotatable bonds is 9. The summed E-state index contributed by atoms with van der Waals surface area (Å²) in [7, 11) is 3.49. The number of hydrogen-bond acceptors (Lipinski definition) is 6. The summed E-state index contributed by atoms with van der Waals surface area (Å²) < 4.78 is 44.4. The Balaban J connectivity index is 1.45. The number of halogens is 2. The molecule has 3 heterocycles. The van der Waals surface area contributed by atoms with Gasteiger partial charge < -0.3 is 24.4 Å². The van der Waals surface area contributed by atoms with Gasteiger partial charge >= 0.3 is 6.61 Å². The van der Waals surface area contributed by atoms with Crippen molar-refractivity contribution in [3.8, 4) is 28.5 Å². The lowest BCUT2D eigenvalue weighted by Crippen LogP contribution is -2.30. The van der Waals surface area contributed by atoms with Crippen LogP contribution in [0.5, 0.6) is 17.2 Å². The van der Waals surface area contributed by atoms with E-state index in [4.69, 9.17) is 14.2 Å². The van der Waals surface area contributed by atoms with Crippen molar-refractivity contribution in [1.82, 2.24) is 19.6 Å². The van der Waals surface area contributed by atoms with Gasteiger partial charge in [0.1, 0.15) is 35.1 Å². The molecule has 2 fully saturated rings. The molecule has 8 nitrogen and oxygen atoms in total. The highest BCUT2D eigenvalue weighted by molar-refractivity contribution is 6.01. The molecular weight excluding hydrogens is 458 g/mol. The van der Waals surface area contributed by atoms with Gasteiger partial charge in [0.2, 0.25) is 0 Å². The van der Waals surface area contributed by atoms with Crippen LogP contribution in [0.25, 0.3) is 16.9 Å². The summed E-state index contributed by atoms with van der Waals surface area (Å²) >= 11 is 0. The molecule has 3 aromatic rings. The van der Waals surface area contributed by atoms with Crippen molar-refractivity contribution in [3.63, 3.8) is 0 Å². The number of aromatic nitrogens is 2. The zero-order valence-corrected chi connectivity index (χ0v) is 19.7. The largest absolute Gasteiger partial charge is 0.496 e. The van der Waals surface area contributed by atoms with Gasteiger partial charge in [-0.3, -0.25) is 9.20 Å². The Labute approximate surface area is 201 Å². The Bertz CT molecular complexity index is 1230. The predicted octanol–water partition coefficient (Wildman–Crippen LogP) is 3.98. The van der Waals surface area contributed by atoms with Gasteiger partial charge in [-0.2, -0.15) is 8.78 Å². The molecule has 1 atom stereocenters. The van der Waals surface area contributed by atoms with Crippen molar-refractivity contribution in [1.29, 1.82) is 0 Å². The lowest BCUT2D eigenvalue weighted by Gasteiger charge is -2.19. The predicted molar refractivity (Wildman–Crippen MR) is 125 cm³/mol. The second-order valence-electron chi connectivity index (χ2n) is 9.00. The molecular formula is C25H28F2N4O4. The lowest BCUT2D eigenvalue weighted by atomic mass is 10.1. The number of likely N-dealkylation sites (tertiary alicyclic amines) is 1. The zero-order valence-electron chi connectivity index (χ0n) is 19.7. The van der Waals surface area contributed by atoms with Crippen LogP contribution in [0.2, 0.25) is 0 Å². The van der Waals surface area contributed by atoms with Crippen molar-refractivity contribution >= 4 is 11.6 Å². The minimum Gasteiger partial charge on any atom is -0.496 e. The quantitative estimate of drug-likeness (QED) is 0.493. The van der Waals surface area contributed by atoms with E-state index in [1.165, 1.54) is 19.6 Å². The first-order chi connectivity index (χ1) is 16.9. The summed E-state index contributed by atoms with van der Waals surface area (Å²) in [5, 5.41) is 2.81. The second-order valence-corrected chi connectivity index (χ2v) is 9.00. The van der Waals surface area contributed by atoms with Crippen molar-refractivity contribution in [2.24, 2.45) is 0 Å². The first-order valence-corrected chi connectivity index (χ1v) is 11.7. The molecule has 2 aromatic heterocycles. The molecule has 2 aliphatic rings. The number of nitrogens with one attached hydrogen (secondary N) is 1. The summed E-state index contributed by atoms with van der Waals surface area (Å²) in [4.78, 5) is 19.5. The smallest absolute Gasteiger partial charge is 0.387 e. The molecule has 5 rings (SSSR count). The van der Waals surface area contributed by atoms with Crippen LogP contribution in [0.4, 0.5) is 8.78 Å². The fourth-order valence-corrected chi connectivity index (χ4v) is 4.44. The van der Waals surface area contributed by atoms with E-state index in [0.717, 1.165) is 25.8 Å². The van der Waals surface area contributed by atoms with E-state index in [2.05, 4.69) is 22.2 Å². The minimum absolute atomic E-state index is 0.0511. The molecule has 1 aromatic carbocycles. The van der Waals surface area contributed by atoms with Crippen LogP contribution in [0, 0.1) is 0 Å². The number of carbonyl (C=O) groups is 1. The summed E-state index contributed by atoms with van der Waals surface area (Å²) in [6, 6.07) is 7.18. The maximum Gasteiger partial charge on any atom is 0.387 e. The molecule has 10 heteroatoms. The Morgan fingerprint density at radius 1 is 1.23 bits per heavy atom. The van der Waals surface area contributed by atoms with Crippen molar-refractivity contribution in [3.05, 3.63) is 42.2 Å². The molecule has 0 spiro atoms. The van der Waals surface area contributed by atoms with Gasteiger partial charge in [0.05, 0.1) is 19.0 Å². The monoisotopic (exact) mass is 486 g/mol. The number of nitrogens with zero attached hydrogens (tertiary/aromatic N) is 3. The molecule has 1 aliphatic heterocycles. The maximum atomic E-state index is 13.2. The van der Waals surface area contributed by atoms with Crippen LogP contribution in [-0.2, 0) is 0 Å². The van der Waals surface area contributed by atoms with Crippen LogP contribution in [0.1, 0.15) is 36.0 Å². The van der Waals surface area contributed by atoms with Gasteiger partial charge in [-0.15, -0.1) is 0 Å². The van der Waals surface area contributed by atoms with Gasteiger partial charge in [-0.25, -0.2) is 4.98 Å². The molecule has 1 aliphatic carbocycles. The number of likely N-dealkylation sites (N-methyl/N-ethyl adjacent to an activating group) is 1. The topological polar surface area (TPSA) is 77.3 Å². The zero-order chi connectivity index (χ0) is 24.5. The normalized spacial score (nSPS) is 18.3. The average molecular weight is 487 g/mol. The van der Waals surface area contributed by atoms with E-state index in [1.807, 2.05) is 22.7 Å². The van der Waals surface area contributed by atoms with Crippen LogP contribution >= 0.6 is 0 Å². The van der Waals surface area contributed by atoms with Crippen LogP contribution < -0.4 is 19.5 Å². The summed E-state index contributed by atoms with van der Waals surface area (Å²) in [5.41, 5.74) is 1.75. The fraction of sp³-hybridized carbons (Fsp3) is 0.440. The van der Waals surface area contributed by atoms with E-state index in [9.17, 15) is 13.6 Å². The number of alkyl halides is 2. The van der Waals surface area contributed by atoms with E-state index < -0.39 is 12.5 Å². The lowest BCUT2D eigenvalue weighted by molar-refractivity contribution is -0.0502. The third-order valence-electron chi connectivity index (χ3n) is 6.54. The Kier molecular flexibility index (Phi) is 6.46. The third-order valence-corrected chi connectivity index (χ3v) is 6.54. The number of ether oxygens (including phenoxy) is 3. The van der Waals surface area contributed by atoms with E-state index in [0.29, 0.717) is 35.3 Å². The number of fused-ring (bicyclic) bond motifs is 1. The summed E-state index contributed by atoms with van der Waals surface area (Å²) in [6.45, 7) is -1.41. The average Bonchev–Trinajstić information content (AvgIpc) is 3.39. The SMILES string of the molecule is COc1cc(-c2cnc3cc(OC[C@@H]4CCCN4C)ccn23)cc(OC(F)F)c1C(=O)NC1CC1. The molecule has 1 saturated heterocycles.